The van der Waals surface area contributed by atoms with E-state index in [0.29, 0.717) is 5.92 Å². The van der Waals surface area contributed by atoms with E-state index in [-0.39, 0.29) is 11.9 Å². The zero-order valence-electron chi connectivity index (χ0n) is 12.8. The first-order valence-electron chi connectivity index (χ1n) is 7.57. The Balaban J connectivity index is 2.16. The lowest BCUT2D eigenvalue weighted by Crippen LogP contribution is -2.28. The summed E-state index contributed by atoms with van der Waals surface area (Å²) in [5.74, 6) is 1.84. The third kappa shape index (κ3) is 4.02. The molecule has 1 aliphatic rings. The van der Waals surface area contributed by atoms with E-state index in [4.69, 9.17) is 0 Å². The maximum atomic E-state index is 12.1. The van der Waals surface area contributed by atoms with Gasteiger partial charge in [0.05, 0.1) is 0 Å². The van der Waals surface area contributed by atoms with E-state index in [1.54, 1.807) is 0 Å². The fourth-order valence-electron chi connectivity index (χ4n) is 2.21. The molecule has 0 radical (unpaired) electrons. The molecular formula is C16H23BrN2OS. The van der Waals surface area contributed by atoms with Crippen LogP contribution in [0.3, 0.4) is 0 Å². The van der Waals surface area contributed by atoms with Gasteiger partial charge in [0.15, 0.2) is 0 Å². The molecule has 1 aromatic rings. The molecule has 5 heteroatoms. The second-order valence-corrected chi connectivity index (χ2v) is 7.49. The van der Waals surface area contributed by atoms with Crippen LogP contribution in [0.15, 0.2) is 21.5 Å². The normalized spacial score (nSPS) is 18.5. The smallest absolute Gasteiger partial charge is 0.246 e. The number of fused-ring (bicyclic) bond motifs is 1. The highest BCUT2D eigenvalue weighted by Crippen LogP contribution is 2.39. The van der Waals surface area contributed by atoms with Gasteiger partial charge in [0.25, 0.3) is 0 Å². The number of anilines is 1. The van der Waals surface area contributed by atoms with Gasteiger partial charge in [-0.3, -0.25) is 4.79 Å². The predicted octanol–water partition coefficient (Wildman–Crippen LogP) is 4.58. The minimum absolute atomic E-state index is 0.0504. The van der Waals surface area contributed by atoms with Gasteiger partial charge in [0, 0.05) is 26.4 Å². The molecule has 2 rings (SSSR count). The zero-order chi connectivity index (χ0) is 15.4. The van der Waals surface area contributed by atoms with Gasteiger partial charge in [-0.15, -0.1) is 11.8 Å². The number of halogens is 1. The largest absolute Gasteiger partial charge is 0.324 e. The number of benzene rings is 1. The zero-order valence-corrected chi connectivity index (χ0v) is 15.2. The number of hydrogen-bond acceptors (Lipinski definition) is 3. The first-order chi connectivity index (χ1) is 10.1. The van der Waals surface area contributed by atoms with Crippen LogP contribution in [0.2, 0.25) is 0 Å². The molecule has 0 bridgehead atoms. The van der Waals surface area contributed by atoms with E-state index in [1.165, 1.54) is 11.3 Å². The first-order valence-corrected chi connectivity index (χ1v) is 9.35. The fraction of sp³-hybridized carbons (Fsp3) is 0.562. The highest BCUT2D eigenvalue weighted by molar-refractivity contribution is 9.10. The van der Waals surface area contributed by atoms with Crippen LogP contribution in [-0.4, -0.2) is 18.2 Å². The molecule has 3 nitrogen and oxygen atoms in total. The third-order valence-electron chi connectivity index (χ3n) is 3.75. The highest BCUT2D eigenvalue weighted by Gasteiger charge is 2.30. The summed E-state index contributed by atoms with van der Waals surface area (Å²) in [5.41, 5.74) is 2.00. The molecule has 1 aliphatic heterocycles. The van der Waals surface area contributed by atoms with Gasteiger partial charge in [-0.05, 0) is 46.9 Å². The molecule has 1 heterocycles. The van der Waals surface area contributed by atoms with Gasteiger partial charge >= 0.3 is 0 Å². The van der Waals surface area contributed by atoms with Crippen molar-refractivity contribution in [1.82, 2.24) is 5.32 Å². The van der Waals surface area contributed by atoms with Crippen LogP contribution < -0.4 is 10.6 Å². The fourth-order valence-corrected chi connectivity index (χ4v) is 4.02. The molecule has 2 N–H and O–H groups in total. The van der Waals surface area contributed by atoms with Crippen molar-refractivity contribution in [2.45, 2.75) is 44.6 Å². The molecule has 0 saturated heterocycles. The number of carbonyl (C=O) groups excluding carboxylic acids is 1. The van der Waals surface area contributed by atoms with Crippen molar-refractivity contribution in [3.8, 4) is 0 Å². The Bertz CT molecular complexity index is 521. The van der Waals surface area contributed by atoms with Crippen molar-refractivity contribution in [2.75, 3.05) is 17.6 Å². The molecule has 2 atom stereocenters. The van der Waals surface area contributed by atoms with Crippen molar-refractivity contribution in [2.24, 2.45) is 5.92 Å². The number of rotatable bonds is 7. The summed E-state index contributed by atoms with van der Waals surface area (Å²) in [6.45, 7) is 7.43. The first kappa shape index (κ1) is 16.8. The van der Waals surface area contributed by atoms with Crippen LogP contribution in [0, 0.1) is 5.92 Å². The monoisotopic (exact) mass is 370 g/mol. The van der Waals surface area contributed by atoms with Gasteiger partial charge in [-0.1, -0.05) is 27.2 Å². The standard InChI is InChI=1S/C16H23BrN2OS/c1-4-6-18-15-11-7-12(17)14(21-9-10(3)5-2)8-13(11)19-16(15)20/h7-8,10,15,18H,4-6,9H2,1-3H3,(H,19,20). The Kier molecular flexibility index (Phi) is 6.14. The van der Waals surface area contributed by atoms with Crippen LogP contribution in [-0.2, 0) is 4.79 Å². The van der Waals surface area contributed by atoms with Gasteiger partial charge < -0.3 is 10.6 Å². The summed E-state index contributed by atoms with van der Waals surface area (Å²) in [6.07, 6.45) is 2.21. The van der Waals surface area contributed by atoms with Crippen LogP contribution in [0.4, 0.5) is 5.69 Å². The third-order valence-corrected chi connectivity index (χ3v) is 6.06. The maximum absolute atomic E-state index is 12.1. The number of thioether (sulfide) groups is 1. The number of nitrogens with one attached hydrogen (secondary N) is 2. The van der Waals surface area contributed by atoms with Gasteiger partial charge in [-0.25, -0.2) is 0 Å². The van der Waals surface area contributed by atoms with Crippen molar-refractivity contribution in [3.63, 3.8) is 0 Å². The predicted molar refractivity (Wildman–Crippen MR) is 94.0 cm³/mol. The molecule has 1 aromatic carbocycles. The van der Waals surface area contributed by atoms with Gasteiger partial charge in [0.2, 0.25) is 5.91 Å². The van der Waals surface area contributed by atoms with E-state index in [0.717, 1.165) is 34.4 Å². The molecule has 0 fully saturated rings. The lowest BCUT2D eigenvalue weighted by atomic mass is 10.1. The number of amides is 1. The Hall–Kier alpha value is -0.520. The molecule has 0 saturated carbocycles. The molecule has 0 aliphatic carbocycles. The van der Waals surface area contributed by atoms with E-state index in [1.807, 2.05) is 11.8 Å². The Morgan fingerprint density at radius 3 is 2.86 bits per heavy atom. The minimum atomic E-state index is -0.218. The van der Waals surface area contributed by atoms with Crippen LogP contribution in [0.25, 0.3) is 0 Å². The molecular weight excluding hydrogens is 348 g/mol. The summed E-state index contributed by atoms with van der Waals surface area (Å²) < 4.78 is 1.08. The highest BCUT2D eigenvalue weighted by atomic mass is 79.9. The van der Waals surface area contributed by atoms with E-state index >= 15 is 0 Å². The molecule has 0 aromatic heterocycles. The molecule has 1 amide bonds. The van der Waals surface area contributed by atoms with Crippen molar-refractivity contribution >= 4 is 39.3 Å². The van der Waals surface area contributed by atoms with E-state index < -0.39 is 0 Å². The van der Waals surface area contributed by atoms with Crippen molar-refractivity contribution < 1.29 is 4.79 Å². The lowest BCUT2D eigenvalue weighted by Gasteiger charge is -2.13. The van der Waals surface area contributed by atoms with E-state index in [9.17, 15) is 4.79 Å². The topological polar surface area (TPSA) is 41.1 Å². The summed E-state index contributed by atoms with van der Waals surface area (Å²) in [5, 5.41) is 6.29. The second kappa shape index (κ2) is 7.65. The number of carbonyl (C=O) groups is 1. The minimum Gasteiger partial charge on any atom is -0.324 e. The lowest BCUT2D eigenvalue weighted by molar-refractivity contribution is -0.117. The summed E-state index contributed by atoms with van der Waals surface area (Å²) in [6, 6.07) is 3.96. The van der Waals surface area contributed by atoms with Crippen molar-refractivity contribution in [3.05, 3.63) is 22.2 Å². The van der Waals surface area contributed by atoms with Crippen LogP contribution >= 0.6 is 27.7 Å². The molecule has 116 valence electrons. The molecule has 2 unspecified atom stereocenters. The van der Waals surface area contributed by atoms with E-state index in [2.05, 4.69) is 59.5 Å². The quantitative estimate of drug-likeness (QED) is 0.690. The second-order valence-electron chi connectivity index (χ2n) is 5.57. The van der Waals surface area contributed by atoms with Crippen molar-refractivity contribution in [1.29, 1.82) is 0 Å². The summed E-state index contributed by atoms with van der Waals surface area (Å²) in [7, 11) is 0. The van der Waals surface area contributed by atoms with Crippen LogP contribution in [0.5, 0.6) is 0 Å². The molecule has 0 spiro atoms. The van der Waals surface area contributed by atoms with Gasteiger partial charge in [0.1, 0.15) is 6.04 Å². The summed E-state index contributed by atoms with van der Waals surface area (Å²) >= 11 is 5.50. The number of hydrogen-bond donors (Lipinski definition) is 2. The Morgan fingerprint density at radius 2 is 2.19 bits per heavy atom. The maximum Gasteiger partial charge on any atom is 0.246 e. The Morgan fingerprint density at radius 1 is 1.43 bits per heavy atom. The van der Waals surface area contributed by atoms with Crippen LogP contribution in [0.1, 0.15) is 45.2 Å². The van der Waals surface area contributed by atoms with Gasteiger partial charge in [-0.2, -0.15) is 0 Å². The average molecular weight is 371 g/mol. The average Bonchev–Trinajstić information content (AvgIpc) is 2.77. The summed E-state index contributed by atoms with van der Waals surface area (Å²) in [4.78, 5) is 13.3. The Labute approximate surface area is 139 Å². The SMILES string of the molecule is CCCNC1C(=O)Nc2cc(SCC(C)CC)c(Br)cc21. The molecule has 21 heavy (non-hydrogen) atoms.